The fourth-order valence-electron chi connectivity index (χ4n) is 1.96. The van der Waals surface area contributed by atoms with Crippen molar-refractivity contribution in [3.05, 3.63) is 51.8 Å². The summed E-state index contributed by atoms with van der Waals surface area (Å²) in [6.07, 6.45) is 0. The minimum atomic E-state index is 0.408. The normalized spacial score (nSPS) is 10.6. The molecule has 0 spiro atoms. The third kappa shape index (κ3) is 3.91. The van der Waals surface area contributed by atoms with E-state index in [-0.39, 0.29) is 0 Å². The molecule has 0 fully saturated rings. The van der Waals surface area contributed by atoms with Gasteiger partial charge in [-0.3, -0.25) is 0 Å². The lowest BCUT2D eigenvalue weighted by molar-refractivity contribution is 0.400. The highest BCUT2D eigenvalue weighted by Crippen LogP contribution is 2.28. The van der Waals surface area contributed by atoms with Gasteiger partial charge in [0.15, 0.2) is 5.82 Å². The average molecular weight is 350 g/mol. The van der Waals surface area contributed by atoms with Crippen LogP contribution in [0.2, 0.25) is 10.0 Å². The topological polar surface area (TPSA) is 75.9 Å². The van der Waals surface area contributed by atoms with Gasteiger partial charge in [0.1, 0.15) is 11.6 Å². The molecular formula is C15H13Cl2N5O. The van der Waals surface area contributed by atoms with Gasteiger partial charge in [-0.15, -0.1) is 0 Å². The lowest BCUT2D eigenvalue weighted by atomic mass is 10.3. The minimum absolute atomic E-state index is 0.408. The first kappa shape index (κ1) is 15.6. The Morgan fingerprint density at radius 2 is 1.78 bits per heavy atom. The van der Waals surface area contributed by atoms with Crippen LogP contribution in [-0.4, -0.2) is 15.1 Å². The van der Waals surface area contributed by atoms with Crippen LogP contribution in [0.25, 0.3) is 0 Å². The van der Waals surface area contributed by atoms with Crippen molar-refractivity contribution in [3.63, 3.8) is 0 Å². The number of aromatic nitrogens is 3. The van der Waals surface area contributed by atoms with Gasteiger partial charge in [0, 0.05) is 22.8 Å². The van der Waals surface area contributed by atoms with Gasteiger partial charge >= 0.3 is 0 Å². The maximum absolute atomic E-state index is 6.16. The predicted molar refractivity (Wildman–Crippen MR) is 91.0 cm³/mol. The summed E-state index contributed by atoms with van der Waals surface area (Å²) in [5.41, 5.74) is 1.49. The first-order valence-electron chi connectivity index (χ1n) is 6.78. The second-order valence-corrected chi connectivity index (χ2v) is 5.76. The summed E-state index contributed by atoms with van der Waals surface area (Å²) >= 11 is 12.1. The summed E-state index contributed by atoms with van der Waals surface area (Å²) in [5, 5.41) is 11.1. The number of nitrogens with zero attached hydrogens (tertiary/aromatic N) is 3. The van der Waals surface area contributed by atoms with E-state index in [2.05, 4.69) is 25.8 Å². The van der Waals surface area contributed by atoms with E-state index in [0.717, 1.165) is 5.69 Å². The molecule has 8 heteroatoms. The Hall–Kier alpha value is -2.31. The van der Waals surface area contributed by atoms with Crippen molar-refractivity contribution in [1.82, 2.24) is 15.1 Å². The molecule has 0 saturated heterocycles. The molecule has 2 N–H and O–H groups in total. The molecule has 23 heavy (non-hydrogen) atoms. The van der Waals surface area contributed by atoms with Crippen molar-refractivity contribution in [3.8, 4) is 0 Å². The fourth-order valence-corrected chi connectivity index (χ4v) is 2.41. The highest BCUT2D eigenvalue weighted by atomic mass is 35.5. The SMILES string of the molecule is Cc1cc(Nc2ccc(Cl)cc2Cl)nc(Nc2cc(C)on2)n1. The lowest BCUT2D eigenvalue weighted by Crippen LogP contribution is -2.02. The molecule has 6 nitrogen and oxygen atoms in total. The van der Waals surface area contributed by atoms with Crippen molar-refractivity contribution >= 4 is 46.5 Å². The van der Waals surface area contributed by atoms with Crippen LogP contribution >= 0.6 is 23.2 Å². The van der Waals surface area contributed by atoms with Crippen molar-refractivity contribution < 1.29 is 4.52 Å². The number of benzene rings is 1. The summed E-state index contributed by atoms with van der Waals surface area (Å²) in [6, 6.07) is 8.77. The van der Waals surface area contributed by atoms with E-state index in [9.17, 15) is 0 Å². The molecule has 0 aliphatic rings. The molecule has 118 valence electrons. The van der Waals surface area contributed by atoms with Gasteiger partial charge in [0.25, 0.3) is 0 Å². The number of rotatable bonds is 4. The predicted octanol–water partition coefficient (Wildman–Crippen LogP) is 4.88. The van der Waals surface area contributed by atoms with Gasteiger partial charge in [0.2, 0.25) is 5.95 Å². The summed E-state index contributed by atoms with van der Waals surface area (Å²) < 4.78 is 5.01. The Bertz CT molecular complexity index is 850. The van der Waals surface area contributed by atoms with E-state index in [1.165, 1.54) is 0 Å². The zero-order chi connectivity index (χ0) is 16.4. The van der Waals surface area contributed by atoms with Crippen LogP contribution in [0.1, 0.15) is 11.5 Å². The van der Waals surface area contributed by atoms with Gasteiger partial charge in [-0.2, -0.15) is 4.98 Å². The Morgan fingerprint density at radius 1 is 0.957 bits per heavy atom. The van der Waals surface area contributed by atoms with Gasteiger partial charge in [-0.05, 0) is 32.0 Å². The Labute approximate surface area is 142 Å². The number of hydrogen-bond acceptors (Lipinski definition) is 6. The standard InChI is InChI=1S/C15H13Cl2N5O/c1-8-5-13(19-12-4-3-10(16)7-11(12)17)20-15(18-8)21-14-6-9(2)23-22-14/h3-7H,1-2H3,(H2,18,19,20,21,22). The number of halogens is 2. The summed E-state index contributed by atoms with van der Waals surface area (Å²) in [6.45, 7) is 3.68. The molecule has 2 heterocycles. The number of hydrogen-bond donors (Lipinski definition) is 2. The zero-order valence-corrected chi connectivity index (χ0v) is 13.9. The highest BCUT2D eigenvalue weighted by Gasteiger charge is 2.08. The molecule has 0 amide bonds. The molecule has 0 bridgehead atoms. The maximum atomic E-state index is 6.16. The number of anilines is 4. The van der Waals surface area contributed by atoms with Crippen LogP contribution in [0.4, 0.5) is 23.3 Å². The monoisotopic (exact) mass is 349 g/mol. The summed E-state index contributed by atoms with van der Waals surface area (Å²) in [7, 11) is 0. The minimum Gasteiger partial charge on any atom is -0.360 e. The average Bonchev–Trinajstić information content (AvgIpc) is 2.86. The van der Waals surface area contributed by atoms with E-state index >= 15 is 0 Å². The third-order valence-electron chi connectivity index (χ3n) is 2.92. The zero-order valence-electron chi connectivity index (χ0n) is 12.4. The number of nitrogens with one attached hydrogen (secondary N) is 2. The smallest absolute Gasteiger partial charge is 0.230 e. The van der Waals surface area contributed by atoms with E-state index in [4.69, 9.17) is 27.7 Å². The van der Waals surface area contributed by atoms with Gasteiger partial charge in [-0.25, -0.2) is 4.98 Å². The van der Waals surface area contributed by atoms with Gasteiger partial charge in [-0.1, -0.05) is 28.4 Å². The quantitative estimate of drug-likeness (QED) is 0.699. The van der Waals surface area contributed by atoms with E-state index < -0.39 is 0 Å². The van der Waals surface area contributed by atoms with Crippen molar-refractivity contribution in [2.24, 2.45) is 0 Å². The molecule has 0 unspecified atom stereocenters. The van der Waals surface area contributed by atoms with Crippen molar-refractivity contribution in [1.29, 1.82) is 0 Å². The molecular weight excluding hydrogens is 337 g/mol. The molecule has 0 radical (unpaired) electrons. The Morgan fingerprint density at radius 3 is 2.48 bits per heavy atom. The first-order valence-corrected chi connectivity index (χ1v) is 7.53. The van der Waals surface area contributed by atoms with Gasteiger partial charge in [0.05, 0.1) is 10.7 Å². The summed E-state index contributed by atoms with van der Waals surface area (Å²) in [5.74, 6) is 2.25. The van der Waals surface area contributed by atoms with Gasteiger partial charge < -0.3 is 15.2 Å². The molecule has 0 saturated carbocycles. The third-order valence-corrected chi connectivity index (χ3v) is 3.46. The lowest BCUT2D eigenvalue weighted by Gasteiger charge is -2.10. The van der Waals surface area contributed by atoms with Crippen molar-refractivity contribution in [2.45, 2.75) is 13.8 Å². The Kier molecular flexibility index (Phi) is 4.36. The van der Waals surface area contributed by atoms with Crippen LogP contribution in [0, 0.1) is 13.8 Å². The molecule has 0 aliphatic carbocycles. The largest absolute Gasteiger partial charge is 0.360 e. The highest BCUT2D eigenvalue weighted by molar-refractivity contribution is 6.36. The summed E-state index contributed by atoms with van der Waals surface area (Å²) in [4.78, 5) is 8.71. The molecule has 0 atom stereocenters. The van der Waals surface area contributed by atoms with Crippen LogP contribution in [-0.2, 0) is 0 Å². The van der Waals surface area contributed by atoms with Crippen LogP contribution in [0.3, 0.4) is 0 Å². The Balaban J connectivity index is 1.85. The molecule has 1 aromatic carbocycles. The van der Waals surface area contributed by atoms with Crippen LogP contribution in [0.15, 0.2) is 34.9 Å². The second-order valence-electron chi connectivity index (χ2n) is 4.92. The second kappa shape index (κ2) is 6.44. The van der Waals surface area contributed by atoms with E-state index in [1.807, 2.05) is 19.9 Å². The fraction of sp³-hybridized carbons (Fsp3) is 0.133. The molecule has 3 aromatic rings. The molecule has 2 aromatic heterocycles. The number of aryl methyl sites for hydroxylation is 2. The molecule has 0 aliphatic heterocycles. The van der Waals surface area contributed by atoms with E-state index in [1.54, 1.807) is 24.3 Å². The molecule has 3 rings (SSSR count). The van der Waals surface area contributed by atoms with Crippen molar-refractivity contribution in [2.75, 3.05) is 10.6 Å². The first-order chi connectivity index (χ1) is 11.0. The van der Waals surface area contributed by atoms with Crippen LogP contribution in [0.5, 0.6) is 0 Å². The maximum Gasteiger partial charge on any atom is 0.230 e. The van der Waals surface area contributed by atoms with E-state index in [0.29, 0.717) is 39.1 Å². The van der Waals surface area contributed by atoms with Crippen LogP contribution < -0.4 is 10.6 Å².